The van der Waals surface area contributed by atoms with Crippen LogP contribution in [0.15, 0.2) is 11.2 Å². The SMILES string of the molecule is CCOC(=O)C1CCN(C(=O)CSc2nnc3nc(C)cc(C)n23)CC1. The van der Waals surface area contributed by atoms with Gasteiger partial charge in [-0.05, 0) is 39.7 Å². The van der Waals surface area contributed by atoms with Crippen LogP contribution in [0.3, 0.4) is 0 Å². The van der Waals surface area contributed by atoms with Crippen LogP contribution in [0.1, 0.15) is 31.2 Å². The maximum atomic E-state index is 12.5. The molecule has 8 nitrogen and oxygen atoms in total. The summed E-state index contributed by atoms with van der Waals surface area (Å²) in [6, 6.07) is 1.96. The summed E-state index contributed by atoms with van der Waals surface area (Å²) in [6.07, 6.45) is 1.32. The van der Waals surface area contributed by atoms with Crippen molar-refractivity contribution in [2.75, 3.05) is 25.4 Å². The molecule has 9 heteroatoms. The number of rotatable bonds is 5. The van der Waals surface area contributed by atoms with Crippen LogP contribution < -0.4 is 0 Å². The zero-order valence-corrected chi connectivity index (χ0v) is 16.1. The van der Waals surface area contributed by atoms with Gasteiger partial charge in [-0.1, -0.05) is 11.8 Å². The zero-order chi connectivity index (χ0) is 18.7. The highest BCUT2D eigenvalue weighted by Gasteiger charge is 2.28. The summed E-state index contributed by atoms with van der Waals surface area (Å²) in [5.41, 5.74) is 1.88. The highest BCUT2D eigenvalue weighted by atomic mass is 32.2. The third-order valence-electron chi connectivity index (χ3n) is 4.46. The average Bonchev–Trinajstić information content (AvgIpc) is 3.03. The molecule has 0 bridgehead atoms. The van der Waals surface area contributed by atoms with Crippen molar-refractivity contribution in [1.29, 1.82) is 0 Å². The summed E-state index contributed by atoms with van der Waals surface area (Å²) in [5, 5.41) is 8.90. The van der Waals surface area contributed by atoms with Crippen LogP contribution in [0.2, 0.25) is 0 Å². The van der Waals surface area contributed by atoms with Gasteiger partial charge >= 0.3 is 5.97 Å². The van der Waals surface area contributed by atoms with E-state index in [1.54, 1.807) is 11.8 Å². The molecule has 0 aromatic carbocycles. The molecule has 0 spiro atoms. The van der Waals surface area contributed by atoms with E-state index in [1.807, 2.05) is 24.3 Å². The van der Waals surface area contributed by atoms with Crippen molar-refractivity contribution in [2.24, 2.45) is 5.92 Å². The molecule has 1 saturated heterocycles. The van der Waals surface area contributed by atoms with Crippen molar-refractivity contribution >= 4 is 29.4 Å². The number of likely N-dealkylation sites (tertiary alicyclic amines) is 1. The Bertz CT molecular complexity index is 814. The molecule has 0 N–H and O–H groups in total. The van der Waals surface area contributed by atoms with Crippen LogP contribution in [0, 0.1) is 19.8 Å². The minimum atomic E-state index is -0.151. The fourth-order valence-corrected chi connectivity index (χ4v) is 4.02. The minimum Gasteiger partial charge on any atom is -0.466 e. The first kappa shape index (κ1) is 18.6. The number of ether oxygens (including phenoxy) is 1. The largest absolute Gasteiger partial charge is 0.466 e. The highest BCUT2D eigenvalue weighted by molar-refractivity contribution is 7.99. The van der Waals surface area contributed by atoms with E-state index in [0.717, 1.165) is 11.4 Å². The number of hydrogen-bond acceptors (Lipinski definition) is 7. The number of aromatic nitrogens is 4. The number of piperidine rings is 1. The fourth-order valence-electron chi connectivity index (χ4n) is 3.14. The topological polar surface area (TPSA) is 89.7 Å². The number of carbonyl (C=O) groups is 2. The lowest BCUT2D eigenvalue weighted by molar-refractivity contribution is -0.151. The zero-order valence-electron chi connectivity index (χ0n) is 15.3. The predicted molar refractivity (Wildman–Crippen MR) is 96.9 cm³/mol. The predicted octanol–water partition coefficient (Wildman–Crippen LogP) is 1.63. The number of nitrogens with zero attached hydrogens (tertiary/aromatic N) is 5. The maximum absolute atomic E-state index is 12.5. The summed E-state index contributed by atoms with van der Waals surface area (Å²) >= 11 is 1.36. The summed E-state index contributed by atoms with van der Waals surface area (Å²) in [5.74, 6) is 0.642. The van der Waals surface area contributed by atoms with Gasteiger partial charge in [0.05, 0.1) is 18.3 Å². The molecule has 1 aliphatic rings. The number of thioether (sulfide) groups is 1. The molecular weight excluding hydrogens is 354 g/mol. The van der Waals surface area contributed by atoms with Crippen LogP contribution in [0.25, 0.3) is 5.78 Å². The molecule has 2 aromatic heterocycles. The van der Waals surface area contributed by atoms with Crippen LogP contribution in [0.4, 0.5) is 0 Å². The first-order valence-corrected chi connectivity index (χ1v) is 9.74. The van der Waals surface area contributed by atoms with Gasteiger partial charge in [-0.3, -0.25) is 14.0 Å². The minimum absolute atomic E-state index is 0.0479. The van der Waals surface area contributed by atoms with Crippen molar-refractivity contribution in [2.45, 2.75) is 38.8 Å². The Labute approximate surface area is 156 Å². The van der Waals surface area contributed by atoms with Gasteiger partial charge in [0.2, 0.25) is 5.91 Å². The van der Waals surface area contributed by atoms with E-state index in [1.165, 1.54) is 11.8 Å². The van der Waals surface area contributed by atoms with Gasteiger partial charge in [-0.2, -0.15) is 0 Å². The fraction of sp³-hybridized carbons (Fsp3) is 0.588. The Morgan fingerprint density at radius 3 is 2.69 bits per heavy atom. The molecule has 0 saturated carbocycles. The number of fused-ring (bicyclic) bond motifs is 1. The van der Waals surface area contributed by atoms with E-state index in [0.29, 0.717) is 43.5 Å². The Balaban J connectivity index is 1.56. The molecule has 1 fully saturated rings. The normalized spacial score (nSPS) is 15.4. The van der Waals surface area contributed by atoms with Gasteiger partial charge in [-0.25, -0.2) is 4.98 Å². The van der Waals surface area contributed by atoms with Gasteiger partial charge in [0.25, 0.3) is 5.78 Å². The van der Waals surface area contributed by atoms with Crippen LogP contribution >= 0.6 is 11.8 Å². The molecule has 0 atom stereocenters. The van der Waals surface area contributed by atoms with E-state index in [4.69, 9.17) is 4.74 Å². The Kier molecular flexibility index (Phi) is 5.75. The Morgan fingerprint density at radius 1 is 1.27 bits per heavy atom. The Hall–Kier alpha value is -2.16. The number of hydrogen-bond donors (Lipinski definition) is 0. The standard InChI is InChI=1S/C17H23N5O3S/c1-4-25-15(24)13-5-7-21(8-6-13)14(23)10-26-17-20-19-16-18-11(2)9-12(3)22(16)17/h9,13H,4-8,10H2,1-3H3. The third-order valence-corrected chi connectivity index (χ3v) is 5.37. The molecule has 2 aromatic rings. The number of carbonyl (C=O) groups excluding carboxylic acids is 2. The van der Waals surface area contributed by atoms with Crippen molar-refractivity contribution in [3.63, 3.8) is 0 Å². The molecule has 1 amide bonds. The number of aryl methyl sites for hydroxylation is 2. The van der Waals surface area contributed by atoms with Crippen molar-refractivity contribution in [3.05, 3.63) is 17.5 Å². The quantitative estimate of drug-likeness (QED) is 0.578. The van der Waals surface area contributed by atoms with E-state index >= 15 is 0 Å². The molecule has 1 aliphatic heterocycles. The van der Waals surface area contributed by atoms with E-state index in [9.17, 15) is 9.59 Å². The van der Waals surface area contributed by atoms with Crippen LogP contribution in [-0.2, 0) is 14.3 Å². The molecule has 140 valence electrons. The molecule has 0 unspecified atom stereocenters. The lowest BCUT2D eigenvalue weighted by Gasteiger charge is -2.30. The summed E-state index contributed by atoms with van der Waals surface area (Å²) in [4.78, 5) is 30.4. The van der Waals surface area contributed by atoms with Crippen LogP contribution in [0.5, 0.6) is 0 Å². The Morgan fingerprint density at radius 2 is 2.00 bits per heavy atom. The maximum Gasteiger partial charge on any atom is 0.309 e. The second-order valence-corrected chi connectivity index (χ2v) is 7.30. The molecular formula is C17H23N5O3S. The second kappa shape index (κ2) is 8.03. The van der Waals surface area contributed by atoms with Crippen molar-refractivity contribution < 1.29 is 14.3 Å². The summed E-state index contributed by atoms with van der Waals surface area (Å²) in [6.45, 7) is 7.26. The van der Waals surface area contributed by atoms with Gasteiger partial charge in [0.15, 0.2) is 5.16 Å². The number of esters is 1. The molecule has 3 heterocycles. The lowest BCUT2D eigenvalue weighted by atomic mass is 9.97. The molecule has 26 heavy (non-hydrogen) atoms. The summed E-state index contributed by atoms with van der Waals surface area (Å²) < 4.78 is 6.92. The molecule has 0 radical (unpaired) electrons. The lowest BCUT2D eigenvalue weighted by Crippen LogP contribution is -2.41. The first-order valence-electron chi connectivity index (χ1n) is 8.76. The number of amides is 1. The first-order chi connectivity index (χ1) is 12.5. The van der Waals surface area contributed by atoms with Gasteiger partial charge in [0.1, 0.15) is 0 Å². The monoisotopic (exact) mass is 377 g/mol. The molecule has 0 aliphatic carbocycles. The van der Waals surface area contributed by atoms with Gasteiger partial charge in [0, 0.05) is 24.5 Å². The third kappa shape index (κ3) is 3.98. The highest BCUT2D eigenvalue weighted by Crippen LogP contribution is 2.22. The summed E-state index contributed by atoms with van der Waals surface area (Å²) in [7, 11) is 0. The van der Waals surface area contributed by atoms with Crippen LogP contribution in [-0.4, -0.2) is 61.8 Å². The van der Waals surface area contributed by atoms with Crippen molar-refractivity contribution in [3.8, 4) is 0 Å². The van der Waals surface area contributed by atoms with E-state index in [2.05, 4.69) is 15.2 Å². The smallest absolute Gasteiger partial charge is 0.309 e. The molecule has 3 rings (SSSR count). The average molecular weight is 377 g/mol. The van der Waals surface area contributed by atoms with Gasteiger partial charge < -0.3 is 9.64 Å². The van der Waals surface area contributed by atoms with E-state index < -0.39 is 0 Å². The second-order valence-electron chi connectivity index (χ2n) is 6.35. The van der Waals surface area contributed by atoms with Crippen molar-refractivity contribution in [1.82, 2.24) is 24.5 Å². The van der Waals surface area contributed by atoms with Gasteiger partial charge in [-0.15, -0.1) is 10.2 Å². The van der Waals surface area contributed by atoms with E-state index in [-0.39, 0.29) is 23.5 Å².